The van der Waals surface area contributed by atoms with Gasteiger partial charge in [0.05, 0.1) is 5.92 Å². The standard InChI is InChI=1S/C14H17NO3S/c1-10(11-5-3-2-4-6-11)12(16)15-14(13(17)18)7-8-19-9-14/h2-6,10H,7-9H2,1H3,(H,15,16)(H,17,18). The molecule has 0 aromatic heterocycles. The number of hydrogen-bond acceptors (Lipinski definition) is 3. The summed E-state index contributed by atoms with van der Waals surface area (Å²) in [7, 11) is 0. The smallest absolute Gasteiger partial charge is 0.330 e. The molecule has 0 aliphatic carbocycles. The van der Waals surface area contributed by atoms with Gasteiger partial charge in [0, 0.05) is 5.75 Å². The Morgan fingerprint density at radius 2 is 2.05 bits per heavy atom. The number of rotatable bonds is 4. The summed E-state index contributed by atoms with van der Waals surface area (Å²) >= 11 is 1.56. The molecule has 1 aliphatic heterocycles. The molecule has 0 spiro atoms. The fourth-order valence-corrected chi connectivity index (χ4v) is 3.45. The number of hydrogen-bond donors (Lipinski definition) is 2. The highest BCUT2D eigenvalue weighted by atomic mass is 32.2. The van der Waals surface area contributed by atoms with Gasteiger partial charge in [-0.05, 0) is 24.7 Å². The molecule has 2 unspecified atom stereocenters. The summed E-state index contributed by atoms with van der Waals surface area (Å²) < 4.78 is 0. The van der Waals surface area contributed by atoms with Crippen LogP contribution < -0.4 is 5.32 Å². The number of amides is 1. The Morgan fingerprint density at radius 3 is 2.58 bits per heavy atom. The third-order valence-electron chi connectivity index (χ3n) is 3.49. The van der Waals surface area contributed by atoms with Gasteiger partial charge in [0.2, 0.25) is 5.91 Å². The lowest BCUT2D eigenvalue weighted by Crippen LogP contribution is -2.55. The predicted molar refractivity (Wildman–Crippen MR) is 75.3 cm³/mol. The first-order valence-corrected chi connectivity index (χ1v) is 7.39. The molecule has 2 atom stereocenters. The van der Waals surface area contributed by atoms with Gasteiger partial charge in [0.15, 0.2) is 0 Å². The Balaban J connectivity index is 2.10. The first-order chi connectivity index (χ1) is 9.05. The molecule has 0 radical (unpaired) electrons. The molecule has 4 nitrogen and oxygen atoms in total. The minimum Gasteiger partial charge on any atom is -0.479 e. The zero-order chi connectivity index (χ0) is 13.9. The molecule has 1 fully saturated rings. The largest absolute Gasteiger partial charge is 0.479 e. The average Bonchev–Trinajstić information content (AvgIpc) is 2.88. The van der Waals surface area contributed by atoms with Crippen LogP contribution in [-0.4, -0.2) is 34.0 Å². The molecule has 5 heteroatoms. The van der Waals surface area contributed by atoms with Crippen molar-refractivity contribution in [3.63, 3.8) is 0 Å². The maximum absolute atomic E-state index is 12.2. The van der Waals surface area contributed by atoms with Crippen molar-refractivity contribution in [3.8, 4) is 0 Å². The molecule has 2 N–H and O–H groups in total. The van der Waals surface area contributed by atoms with Gasteiger partial charge in [-0.15, -0.1) is 0 Å². The average molecular weight is 279 g/mol. The molecule has 0 saturated carbocycles. The lowest BCUT2D eigenvalue weighted by atomic mass is 9.95. The summed E-state index contributed by atoms with van der Waals surface area (Å²) in [5.74, 6) is -0.299. The van der Waals surface area contributed by atoms with E-state index in [9.17, 15) is 14.7 Å². The van der Waals surface area contributed by atoms with Crippen molar-refractivity contribution in [1.29, 1.82) is 0 Å². The fourth-order valence-electron chi connectivity index (χ4n) is 2.12. The van der Waals surface area contributed by atoms with Crippen LogP contribution in [0.1, 0.15) is 24.8 Å². The van der Waals surface area contributed by atoms with E-state index in [1.165, 1.54) is 0 Å². The Kier molecular flexibility index (Phi) is 4.14. The fraction of sp³-hybridized carbons (Fsp3) is 0.429. The highest BCUT2D eigenvalue weighted by molar-refractivity contribution is 7.99. The van der Waals surface area contributed by atoms with E-state index in [1.807, 2.05) is 30.3 Å². The summed E-state index contributed by atoms with van der Waals surface area (Å²) in [6.07, 6.45) is 0.486. The molecule has 1 aromatic carbocycles. The van der Waals surface area contributed by atoms with Gasteiger partial charge in [-0.3, -0.25) is 4.79 Å². The van der Waals surface area contributed by atoms with E-state index in [0.717, 1.165) is 11.3 Å². The second-order valence-corrected chi connectivity index (χ2v) is 5.92. The number of carbonyl (C=O) groups is 2. The Morgan fingerprint density at radius 1 is 1.37 bits per heavy atom. The van der Waals surface area contributed by atoms with Crippen LogP contribution in [0.4, 0.5) is 0 Å². The molecular weight excluding hydrogens is 262 g/mol. The lowest BCUT2D eigenvalue weighted by Gasteiger charge is -2.26. The molecule has 19 heavy (non-hydrogen) atoms. The van der Waals surface area contributed by atoms with Gasteiger partial charge in [-0.25, -0.2) is 4.79 Å². The highest BCUT2D eigenvalue weighted by Gasteiger charge is 2.43. The van der Waals surface area contributed by atoms with Crippen LogP contribution in [0.25, 0.3) is 0 Å². The molecule has 1 aliphatic rings. The number of carbonyl (C=O) groups excluding carboxylic acids is 1. The van der Waals surface area contributed by atoms with Gasteiger partial charge in [0.1, 0.15) is 5.54 Å². The van der Waals surface area contributed by atoms with Crippen LogP contribution in [0, 0.1) is 0 Å². The third-order valence-corrected chi connectivity index (χ3v) is 4.68. The van der Waals surface area contributed by atoms with E-state index in [1.54, 1.807) is 18.7 Å². The Labute approximate surface area is 116 Å². The van der Waals surface area contributed by atoms with E-state index in [-0.39, 0.29) is 11.8 Å². The van der Waals surface area contributed by atoms with Crippen molar-refractivity contribution in [1.82, 2.24) is 5.32 Å². The van der Waals surface area contributed by atoms with Crippen LogP contribution in [0.5, 0.6) is 0 Å². The van der Waals surface area contributed by atoms with E-state index in [0.29, 0.717) is 12.2 Å². The normalized spacial score (nSPS) is 23.8. The molecule has 1 aromatic rings. The third kappa shape index (κ3) is 2.92. The molecule has 1 amide bonds. The van der Waals surface area contributed by atoms with E-state index in [2.05, 4.69) is 5.32 Å². The monoisotopic (exact) mass is 279 g/mol. The first-order valence-electron chi connectivity index (χ1n) is 6.23. The minimum absolute atomic E-state index is 0.226. The summed E-state index contributed by atoms with van der Waals surface area (Å²) in [5.41, 5.74) is -0.198. The van der Waals surface area contributed by atoms with Crippen molar-refractivity contribution in [2.45, 2.75) is 24.8 Å². The lowest BCUT2D eigenvalue weighted by molar-refractivity contribution is -0.146. The number of carboxylic acid groups (broad SMARTS) is 1. The van der Waals surface area contributed by atoms with Crippen molar-refractivity contribution < 1.29 is 14.7 Å². The van der Waals surface area contributed by atoms with Gasteiger partial charge in [-0.1, -0.05) is 30.3 Å². The van der Waals surface area contributed by atoms with Gasteiger partial charge >= 0.3 is 5.97 Å². The van der Waals surface area contributed by atoms with Crippen LogP contribution in [0.2, 0.25) is 0 Å². The molecule has 2 rings (SSSR count). The topological polar surface area (TPSA) is 66.4 Å². The number of benzene rings is 1. The van der Waals surface area contributed by atoms with Crippen molar-refractivity contribution in [2.75, 3.05) is 11.5 Å². The van der Waals surface area contributed by atoms with Crippen molar-refractivity contribution in [2.24, 2.45) is 0 Å². The summed E-state index contributed by atoms with van der Waals surface area (Å²) in [5, 5.41) is 12.1. The number of carboxylic acids is 1. The second kappa shape index (κ2) is 5.65. The first kappa shape index (κ1) is 13.9. The molecule has 0 bridgehead atoms. The van der Waals surface area contributed by atoms with Crippen LogP contribution in [0.15, 0.2) is 30.3 Å². The van der Waals surface area contributed by atoms with Crippen LogP contribution in [0.3, 0.4) is 0 Å². The van der Waals surface area contributed by atoms with E-state index in [4.69, 9.17) is 0 Å². The molecule has 1 saturated heterocycles. The van der Waals surface area contributed by atoms with E-state index >= 15 is 0 Å². The molecular formula is C14H17NO3S. The quantitative estimate of drug-likeness (QED) is 0.883. The molecule has 1 heterocycles. The number of aliphatic carboxylic acids is 1. The van der Waals surface area contributed by atoms with Gasteiger partial charge in [-0.2, -0.15) is 11.8 Å². The summed E-state index contributed by atoms with van der Waals surface area (Å²) in [6.45, 7) is 1.79. The Hall–Kier alpha value is -1.49. The zero-order valence-corrected chi connectivity index (χ0v) is 11.6. The highest BCUT2D eigenvalue weighted by Crippen LogP contribution is 2.29. The van der Waals surface area contributed by atoms with Gasteiger partial charge < -0.3 is 10.4 Å². The SMILES string of the molecule is CC(C(=O)NC1(C(=O)O)CCSC1)c1ccccc1. The minimum atomic E-state index is -1.09. The van der Waals surface area contributed by atoms with Crippen LogP contribution >= 0.6 is 11.8 Å². The predicted octanol–water partition coefficient (Wildman–Crippen LogP) is 1.87. The Bertz CT molecular complexity index is 469. The zero-order valence-electron chi connectivity index (χ0n) is 10.8. The van der Waals surface area contributed by atoms with Crippen LogP contribution in [-0.2, 0) is 9.59 Å². The maximum atomic E-state index is 12.2. The summed E-state index contributed by atoms with van der Waals surface area (Å²) in [6, 6.07) is 9.39. The van der Waals surface area contributed by atoms with E-state index < -0.39 is 11.5 Å². The number of thioether (sulfide) groups is 1. The van der Waals surface area contributed by atoms with Gasteiger partial charge in [0.25, 0.3) is 0 Å². The second-order valence-electron chi connectivity index (χ2n) is 4.81. The summed E-state index contributed by atoms with van der Waals surface area (Å²) in [4.78, 5) is 23.6. The van der Waals surface area contributed by atoms with Crippen molar-refractivity contribution in [3.05, 3.63) is 35.9 Å². The van der Waals surface area contributed by atoms with Crippen molar-refractivity contribution >= 4 is 23.6 Å². The molecule has 102 valence electrons. The maximum Gasteiger partial charge on any atom is 0.330 e. The number of nitrogens with one attached hydrogen (secondary N) is 1.